The summed E-state index contributed by atoms with van der Waals surface area (Å²) in [4.78, 5) is 39.1. The molecule has 0 aliphatic heterocycles. The van der Waals surface area contributed by atoms with Crippen LogP contribution in [0.1, 0.15) is 52.5 Å². The van der Waals surface area contributed by atoms with Crippen LogP contribution < -0.4 is 10.6 Å². The minimum Gasteiger partial charge on any atom is -0.453 e. The Hall–Kier alpha value is -2.32. The van der Waals surface area contributed by atoms with Gasteiger partial charge in [0.25, 0.3) is 5.91 Å². The number of thioether (sulfide) groups is 1. The largest absolute Gasteiger partial charge is 0.453 e. The number of thiophene rings is 1. The first-order valence-electron chi connectivity index (χ1n) is 10.4. The van der Waals surface area contributed by atoms with Gasteiger partial charge >= 0.3 is 6.09 Å². The van der Waals surface area contributed by atoms with E-state index in [1.807, 2.05) is 0 Å². The molecule has 1 unspecified atom stereocenters. The molecule has 0 bridgehead atoms. The van der Waals surface area contributed by atoms with Crippen LogP contribution in [0.15, 0.2) is 29.2 Å². The van der Waals surface area contributed by atoms with Crippen molar-refractivity contribution in [2.45, 2.75) is 50.8 Å². The minimum atomic E-state index is -0.806. The quantitative estimate of drug-likeness (QED) is 0.439. The van der Waals surface area contributed by atoms with Gasteiger partial charge in [-0.15, -0.1) is 23.1 Å². The summed E-state index contributed by atoms with van der Waals surface area (Å²) in [6.07, 6.45) is 2.92. The van der Waals surface area contributed by atoms with Gasteiger partial charge in [-0.05, 0) is 62.0 Å². The molecule has 0 saturated heterocycles. The summed E-state index contributed by atoms with van der Waals surface area (Å²) in [6.45, 7) is 4.24. The van der Waals surface area contributed by atoms with Crippen LogP contribution in [0.2, 0.25) is 0 Å². The molecule has 0 saturated carbocycles. The van der Waals surface area contributed by atoms with E-state index < -0.39 is 12.0 Å². The van der Waals surface area contributed by atoms with Crippen molar-refractivity contribution in [1.82, 2.24) is 5.32 Å². The molecular weight excluding hydrogens is 432 g/mol. The zero-order valence-electron chi connectivity index (χ0n) is 18.1. The van der Waals surface area contributed by atoms with E-state index in [2.05, 4.69) is 53.5 Å². The van der Waals surface area contributed by atoms with Crippen molar-refractivity contribution in [3.8, 4) is 0 Å². The Morgan fingerprint density at radius 2 is 1.97 bits per heavy atom. The van der Waals surface area contributed by atoms with E-state index >= 15 is 0 Å². The Bertz CT molecular complexity index is 953. The molecule has 31 heavy (non-hydrogen) atoms. The van der Waals surface area contributed by atoms with Gasteiger partial charge in [0, 0.05) is 16.2 Å². The highest BCUT2D eigenvalue weighted by atomic mass is 32.2. The van der Waals surface area contributed by atoms with E-state index in [1.165, 1.54) is 28.9 Å². The molecule has 2 aromatic rings. The van der Waals surface area contributed by atoms with E-state index in [1.54, 1.807) is 11.8 Å². The average Bonchev–Trinajstić information content (AvgIpc) is 3.09. The molecule has 0 radical (unpaired) electrons. The minimum absolute atomic E-state index is 0.122. The van der Waals surface area contributed by atoms with E-state index in [9.17, 15) is 14.4 Å². The summed E-state index contributed by atoms with van der Waals surface area (Å²) in [5.74, 6) is 0.724. The molecule has 166 valence electrons. The highest BCUT2D eigenvalue weighted by Gasteiger charge is 2.29. The average molecular weight is 461 g/mol. The van der Waals surface area contributed by atoms with Gasteiger partial charge < -0.3 is 10.1 Å². The van der Waals surface area contributed by atoms with Gasteiger partial charge in [-0.3, -0.25) is 14.9 Å². The lowest BCUT2D eigenvalue weighted by molar-refractivity contribution is -0.116. The van der Waals surface area contributed by atoms with Gasteiger partial charge in [0.15, 0.2) is 0 Å². The number of hydrogen-bond acceptors (Lipinski definition) is 6. The second-order valence-electron chi connectivity index (χ2n) is 7.81. The van der Waals surface area contributed by atoms with Crippen LogP contribution in [-0.2, 0) is 22.4 Å². The molecule has 2 N–H and O–H groups in total. The van der Waals surface area contributed by atoms with Gasteiger partial charge in [0.1, 0.15) is 5.00 Å². The Labute approximate surface area is 191 Å². The summed E-state index contributed by atoms with van der Waals surface area (Å²) < 4.78 is 4.55. The molecule has 1 heterocycles. The summed E-state index contributed by atoms with van der Waals surface area (Å²) in [5, 5.41) is 5.68. The normalized spacial score (nSPS) is 15.1. The predicted octanol–water partition coefficient (Wildman–Crippen LogP) is 5.19. The number of anilines is 1. The molecule has 1 aliphatic rings. The van der Waals surface area contributed by atoms with Crippen molar-refractivity contribution in [1.29, 1.82) is 0 Å². The fourth-order valence-electron chi connectivity index (χ4n) is 3.53. The number of imide groups is 1. The summed E-state index contributed by atoms with van der Waals surface area (Å²) in [7, 11) is 1.21. The maximum Gasteiger partial charge on any atom is 0.413 e. The lowest BCUT2D eigenvalue weighted by Crippen LogP contribution is -2.31. The second-order valence-corrected chi connectivity index (χ2v) is 10.1. The third-order valence-corrected chi connectivity index (χ3v) is 7.50. The number of ether oxygens (including phenoxy) is 1. The second kappa shape index (κ2) is 10.8. The number of rotatable bonds is 7. The molecule has 0 spiro atoms. The van der Waals surface area contributed by atoms with E-state index in [0.29, 0.717) is 22.9 Å². The fourth-order valence-corrected chi connectivity index (χ4v) is 5.81. The Kier molecular flexibility index (Phi) is 8.15. The monoisotopic (exact) mass is 460 g/mol. The third-order valence-electron chi connectivity index (χ3n) is 5.23. The number of hydrogen-bond donors (Lipinski definition) is 2. The summed E-state index contributed by atoms with van der Waals surface area (Å²) in [6, 6.07) is 8.33. The first-order chi connectivity index (χ1) is 14.9. The van der Waals surface area contributed by atoms with Gasteiger partial charge in [0.05, 0.1) is 12.7 Å². The van der Waals surface area contributed by atoms with Crippen LogP contribution in [0.4, 0.5) is 9.80 Å². The van der Waals surface area contributed by atoms with Crippen molar-refractivity contribution in [2.24, 2.45) is 5.92 Å². The maximum absolute atomic E-state index is 12.7. The number of fused-ring (bicyclic) bond motifs is 1. The van der Waals surface area contributed by atoms with Crippen molar-refractivity contribution >= 4 is 46.0 Å². The van der Waals surface area contributed by atoms with Gasteiger partial charge in [-0.1, -0.05) is 24.6 Å². The van der Waals surface area contributed by atoms with Crippen LogP contribution in [0.25, 0.3) is 0 Å². The standard InChI is InChI=1S/C23H28N2O4S2/c1-14-6-9-16(10-7-14)30-12-4-5-19(26)24-22-20(21(27)25-23(28)29-3)17-11-8-15(2)13-18(17)31-22/h6-7,9-10,15H,4-5,8,11-13H2,1-3H3,(H,24,26)(H,25,27,28). The van der Waals surface area contributed by atoms with E-state index in [0.717, 1.165) is 41.9 Å². The van der Waals surface area contributed by atoms with Crippen LogP contribution in [0, 0.1) is 12.8 Å². The first kappa shape index (κ1) is 23.3. The number of alkyl carbamates (subject to hydrolysis) is 1. The molecule has 1 aromatic heterocycles. The molecule has 8 heteroatoms. The van der Waals surface area contributed by atoms with Crippen LogP contribution in [0.5, 0.6) is 0 Å². The van der Waals surface area contributed by atoms with Gasteiger partial charge in [-0.2, -0.15) is 0 Å². The fraction of sp³-hybridized carbons (Fsp3) is 0.435. The molecule has 1 aliphatic carbocycles. The Balaban J connectivity index is 1.62. The smallest absolute Gasteiger partial charge is 0.413 e. The topological polar surface area (TPSA) is 84.5 Å². The Morgan fingerprint density at radius 1 is 1.23 bits per heavy atom. The lowest BCUT2D eigenvalue weighted by atomic mass is 9.88. The molecule has 0 fully saturated rings. The zero-order valence-corrected chi connectivity index (χ0v) is 19.7. The summed E-state index contributed by atoms with van der Waals surface area (Å²) >= 11 is 3.17. The SMILES string of the molecule is COC(=O)NC(=O)c1c(NC(=O)CCCSc2ccc(C)cc2)sc2c1CCC(C)C2. The van der Waals surface area contributed by atoms with Gasteiger partial charge in [-0.25, -0.2) is 4.79 Å². The van der Waals surface area contributed by atoms with Crippen molar-refractivity contribution < 1.29 is 19.1 Å². The molecule has 1 atom stereocenters. The molecule has 1 aromatic carbocycles. The number of nitrogens with one attached hydrogen (secondary N) is 2. The molecule has 6 nitrogen and oxygen atoms in total. The van der Waals surface area contributed by atoms with E-state index in [-0.39, 0.29) is 5.91 Å². The Morgan fingerprint density at radius 3 is 2.68 bits per heavy atom. The van der Waals surface area contributed by atoms with Crippen LogP contribution in [-0.4, -0.2) is 30.8 Å². The van der Waals surface area contributed by atoms with Crippen molar-refractivity contribution in [3.05, 3.63) is 45.8 Å². The zero-order chi connectivity index (χ0) is 22.4. The highest BCUT2D eigenvalue weighted by molar-refractivity contribution is 7.99. The maximum atomic E-state index is 12.7. The number of carbonyl (C=O) groups excluding carboxylic acids is 3. The number of aryl methyl sites for hydroxylation is 1. The molecular formula is C23H28N2O4S2. The van der Waals surface area contributed by atoms with E-state index in [4.69, 9.17) is 0 Å². The molecule has 3 amide bonds. The van der Waals surface area contributed by atoms with Crippen molar-refractivity contribution in [3.63, 3.8) is 0 Å². The lowest BCUT2D eigenvalue weighted by Gasteiger charge is -2.18. The number of carbonyl (C=O) groups is 3. The number of methoxy groups -OCH3 is 1. The van der Waals surface area contributed by atoms with Gasteiger partial charge in [0.2, 0.25) is 5.91 Å². The third kappa shape index (κ3) is 6.33. The van der Waals surface area contributed by atoms with Crippen LogP contribution in [0.3, 0.4) is 0 Å². The highest BCUT2D eigenvalue weighted by Crippen LogP contribution is 2.39. The van der Waals surface area contributed by atoms with Crippen molar-refractivity contribution in [2.75, 3.05) is 18.2 Å². The number of benzene rings is 1. The number of amides is 3. The predicted molar refractivity (Wildman–Crippen MR) is 125 cm³/mol. The summed E-state index contributed by atoms with van der Waals surface area (Å²) in [5.41, 5.74) is 2.57. The first-order valence-corrected chi connectivity index (χ1v) is 12.2. The van der Waals surface area contributed by atoms with Crippen LogP contribution >= 0.6 is 23.1 Å². The molecule has 3 rings (SSSR count).